The molecule has 3 atom stereocenters. The average molecular weight is 294 g/mol. The van der Waals surface area contributed by atoms with Crippen molar-refractivity contribution in [3.8, 4) is 0 Å². The summed E-state index contributed by atoms with van der Waals surface area (Å²) in [7, 11) is 0. The van der Waals surface area contributed by atoms with Crippen LogP contribution in [0.5, 0.6) is 0 Å². The lowest BCUT2D eigenvalue weighted by Gasteiger charge is -2.40. The van der Waals surface area contributed by atoms with Crippen LogP contribution in [0.1, 0.15) is 46.0 Å². The molecule has 0 bridgehead atoms. The Morgan fingerprint density at radius 2 is 2.00 bits per heavy atom. The zero-order valence-electron chi connectivity index (χ0n) is 13.0. The van der Waals surface area contributed by atoms with Gasteiger partial charge in [0.1, 0.15) is 0 Å². The lowest BCUT2D eigenvalue weighted by atomic mass is 9.89. The molecule has 2 aliphatic heterocycles. The number of rotatable bonds is 3. The second kappa shape index (κ2) is 5.27. The summed E-state index contributed by atoms with van der Waals surface area (Å²) in [5.41, 5.74) is -0.450. The summed E-state index contributed by atoms with van der Waals surface area (Å²) >= 11 is 0. The zero-order valence-corrected chi connectivity index (χ0v) is 13.0. The molecule has 1 saturated carbocycles. The van der Waals surface area contributed by atoms with Crippen molar-refractivity contribution >= 4 is 11.8 Å². The molecule has 0 spiro atoms. The van der Waals surface area contributed by atoms with Crippen molar-refractivity contribution in [2.24, 2.45) is 11.8 Å². The zero-order chi connectivity index (χ0) is 15.2. The fourth-order valence-electron chi connectivity index (χ4n) is 4.20. The number of nitrogens with zero attached hydrogens (tertiary/aromatic N) is 2. The number of fused-ring (bicyclic) bond motifs is 1. The molecule has 21 heavy (non-hydrogen) atoms. The van der Waals surface area contributed by atoms with E-state index in [2.05, 4.69) is 0 Å². The maximum Gasteiger partial charge on any atom is 0.223 e. The largest absolute Gasteiger partial charge is 0.394 e. The lowest BCUT2D eigenvalue weighted by molar-refractivity contribution is -0.140. The first-order chi connectivity index (χ1) is 9.94. The number of carbonyl (C=O) groups excluding carboxylic acids is 2. The van der Waals surface area contributed by atoms with E-state index in [1.54, 1.807) is 6.92 Å². The van der Waals surface area contributed by atoms with E-state index >= 15 is 0 Å². The molecule has 2 heterocycles. The van der Waals surface area contributed by atoms with Crippen LogP contribution in [0.3, 0.4) is 0 Å². The Morgan fingerprint density at radius 3 is 2.57 bits per heavy atom. The topological polar surface area (TPSA) is 60.9 Å². The van der Waals surface area contributed by atoms with Gasteiger partial charge in [-0.2, -0.15) is 0 Å². The summed E-state index contributed by atoms with van der Waals surface area (Å²) in [6, 6.07) is 0.198. The molecule has 5 heteroatoms. The van der Waals surface area contributed by atoms with Crippen LogP contribution in [0.25, 0.3) is 0 Å². The van der Waals surface area contributed by atoms with E-state index in [4.69, 9.17) is 0 Å². The number of carbonyl (C=O) groups is 2. The smallest absolute Gasteiger partial charge is 0.223 e. The molecule has 1 aliphatic carbocycles. The highest BCUT2D eigenvalue weighted by Crippen LogP contribution is 2.44. The van der Waals surface area contributed by atoms with Crippen molar-refractivity contribution < 1.29 is 14.7 Å². The summed E-state index contributed by atoms with van der Waals surface area (Å²) in [5, 5.41) is 9.84. The highest BCUT2D eigenvalue weighted by Gasteiger charge is 2.52. The van der Waals surface area contributed by atoms with Crippen molar-refractivity contribution in [2.75, 3.05) is 19.7 Å². The van der Waals surface area contributed by atoms with Crippen LogP contribution in [0.15, 0.2) is 0 Å². The van der Waals surface area contributed by atoms with E-state index < -0.39 is 5.54 Å². The number of hydrogen-bond acceptors (Lipinski definition) is 3. The minimum absolute atomic E-state index is 0.0104. The Morgan fingerprint density at radius 1 is 1.29 bits per heavy atom. The van der Waals surface area contributed by atoms with Gasteiger partial charge in [-0.15, -0.1) is 0 Å². The summed E-state index contributed by atoms with van der Waals surface area (Å²) < 4.78 is 0. The Hall–Kier alpha value is -1.10. The molecular weight excluding hydrogens is 268 g/mol. The highest BCUT2D eigenvalue weighted by molar-refractivity contribution is 5.79. The van der Waals surface area contributed by atoms with Crippen LogP contribution < -0.4 is 0 Å². The number of likely N-dealkylation sites (tertiary alicyclic amines) is 2. The second-order valence-corrected chi connectivity index (χ2v) is 7.35. The molecule has 118 valence electrons. The number of hydrogen-bond donors (Lipinski definition) is 1. The molecule has 0 aromatic carbocycles. The average Bonchev–Trinajstić information content (AvgIpc) is 3.18. The molecule has 3 aliphatic rings. The lowest BCUT2D eigenvalue weighted by Crippen LogP contribution is -2.54. The summed E-state index contributed by atoms with van der Waals surface area (Å²) in [6.07, 6.45) is 4.61. The van der Waals surface area contributed by atoms with E-state index in [9.17, 15) is 14.7 Å². The van der Waals surface area contributed by atoms with Gasteiger partial charge in [-0.1, -0.05) is 0 Å². The number of amides is 2. The van der Waals surface area contributed by atoms with Gasteiger partial charge in [0.2, 0.25) is 11.8 Å². The van der Waals surface area contributed by atoms with Crippen molar-refractivity contribution in [2.45, 2.75) is 57.5 Å². The van der Waals surface area contributed by atoms with Gasteiger partial charge < -0.3 is 14.9 Å². The molecule has 0 radical (unpaired) electrons. The molecule has 3 rings (SSSR count). The van der Waals surface area contributed by atoms with Gasteiger partial charge in [0.15, 0.2) is 0 Å². The minimum Gasteiger partial charge on any atom is -0.394 e. The van der Waals surface area contributed by atoms with Crippen LogP contribution in [0.4, 0.5) is 0 Å². The minimum atomic E-state index is -0.450. The summed E-state index contributed by atoms with van der Waals surface area (Å²) in [6.45, 7) is 5.06. The van der Waals surface area contributed by atoms with Gasteiger partial charge in [-0.05, 0) is 44.4 Å². The Kier molecular flexibility index (Phi) is 3.72. The first-order valence-corrected chi connectivity index (χ1v) is 8.13. The molecule has 0 aromatic rings. The van der Waals surface area contributed by atoms with E-state index in [0.717, 1.165) is 25.9 Å². The van der Waals surface area contributed by atoms with Gasteiger partial charge in [0, 0.05) is 32.5 Å². The maximum atomic E-state index is 12.7. The third kappa shape index (κ3) is 2.68. The van der Waals surface area contributed by atoms with E-state index in [-0.39, 0.29) is 24.5 Å². The fraction of sp³-hybridized carbons (Fsp3) is 0.875. The quantitative estimate of drug-likeness (QED) is 0.845. The van der Waals surface area contributed by atoms with Gasteiger partial charge in [-0.3, -0.25) is 9.59 Å². The van der Waals surface area contributed by atoms with Crippen molar-refractivity contribution in [3.05, 3.63) is 0 Å². The molecular formula is C16H26N2O3. The van der Waals surface area contributed by atoms with E-state index in [0.29, 0.717) is 18.3 Å². The molecule has 0 aromatic heterocycles. The molecule has 2 saturated heterocycles. The molecule has 2 amide bonds. The molecule has 3 fully saturated rings. The summed E-state index contributed by atoms with van der Waals surface area (Å²) in [4.78, 5) is 28.1. The first-order valence-electron chi connectivity index (χ1n) is 8.13. The van der Waals surface area contributed by atoms with Crippen LogP contribution in [-0.2, 0) is 9.59 Å². The van der Waals surface area contributed by atoms with E-state index in [1.807, 2.05) is 16.7 Å². The SMILES string of the molecule is CC(=O)N1CC[C@H]2[C@H](C1)C[C@](C)(CO)N2C(=O)CC1CC1. The normalized spacial score (nSPS) is 35.8. The van der Waals surface area contributed by atoms with Crippen LogP contribution >= 0.6 is 0 Å². The van der Waals surface area contributed by atoms with Crippen LogP contribution in [0, 0.1) is 11.8 Å². The first kappa shape index (κ1) is 14.8. The van der Waals surface area contributed by atoms with Crippen LogP contribution in [0.2, 0.25) is 0 Å². The second-order valence-electron chi connectivity index (χ2n) is 7.35. The Bertz CT molecular complexity index is 449. The predicted molar refractivity (Wildman–Crippen MR) is 78.4 cm³/mol. The van der Waals surface area contributed by atoms with Gasteiger partial charge in [0.25, 0.3) is 0 Å². The fourth-order valence-corrected chi connectivity index (χ4v) is 4.20. The maximum absolute atomic E-state index is 12.7. The van der Waals surface area contributed by atoms with Crippen LogP contribution in [-0.4, -0.2) is 58.0 Å². The highest BCUT2D eigenvalue weighted by atomic mass is 16.3. The number of aliphatic hydroxyl groups is 1. The van der Waals surface area contributed by atoms with Gasteiger partial charge in [-0.25, -0.2) is 0 Å². The summed E-state index contributed by atoms with van der Waals surface area (Å²) in [5.74, 6) is 1.19. The van der Waals surface area contributed by atoms with Crippen molar-refractivity contribution in [3.63, 3.8) is 0 Å². The Labute approximate surface area is 126 Å². The van der Waals surface area contributed by atoms with E-state index in [1.165, 1.54) is 12.8 Å². The molecule has 0 unspecified atom stereocenters. The third-order valence-electron chi connectivity index (χ3n) is 5.52. The molecule has 5 nitrogen and oxygen atoms in total. The number of piperidine rings is 1. The van der Waals surface area contributed by atoms with Gasteiger partial charge >= 0.3 is 0 Å². The monoisotopic (exact) mass is 294 g/mol. The Balaban J connectivity index is 1.77. The number of aliphatic hydroxyl groups excluding tert-OH is 1. The molecule has 1 N–H and O–H groups in total. The van der Waals surface area contributed by atoms with Crippen molar-refractivity contribution in [1.29, 1.82) is 0 Å². The van der Waals surface area contributed by atoms with Gasteiger partial charge in [0.05, 0.1) is 12.1 Å². The predicted octanol–water partition coefficient (Wildman–Crippen LogP) is 1.01. The third-order valence-corrected chi connectivity index (χ3v) is 5.52. The van der Waals surface area contributed by atoms with Crippen molar-refractivity contribution in [1.82, 2.24) is 9.80 Å². The standard InChI is InChI=1S/C16H26N2O3/c1-11(20)17-6-5-14-13(9-17)8-16(2,10-19)18(14)15(21)7-12-3-4-12/h12-14,19H,3-10H2,1-2H3/t13-,14-,16+/m0/s1.